The third kappa shape index (κ3) is 2.40. The molecule has 1 amide bonds. The Kier molecular flexibility index (Phi) is 3.47. The number of aromatic nitrogens is 2. The lowest BCUT2D eigenvalue weighted by Crippen LogP contribution is -2.16. The SMILES string of the molecule is COC(=O)c1scc(C)c1NC(=O)c1nonc1N. The molecule has 2 aromatic rings. The van der Waals surface area contributed by atoms with Crippen molar-refractivity contribution in [2.24, 2.45) is 0 Å². The van der Waals surface area contributed by atoms with Gasteiger partial charge in [0.1, 0.15) is 4.88 Å². The average molecular weight is 282 g/mol. The number of aryl methyl sites for hydroxylation is 1. The van der Waals surface area contributed by atoms with Gasteiger partial charge >= 0.3 is 5.97 Å². The second-order valence-electron chi connectivity index (χ2n) is 3.57. The number of anilines is 2. The minimum Gasteiger partial charge on any atom is -0.465 e. The van der Waals surface area contributed by atoms with Crippen molar-refractivity contribution in [2.45, 2.75) is 6.92 Å². The van der Waals surface area contributed by atoms with Gasteiger partial charge in [0.15, 0.2) is 0 Å². The summed E-state index contributed by atoms with van der Waals surface area (Å²) >= 11 is 1.17. The lowest BCUT2D eigenvalue weighted by Gasteiger charge is -2.05. The Bertz CT molecular complexity index is 633. The number of nitrogen functional groups attached to an aromatic ring is 1. The number of nitrogens with two attached hydrogens (primary N) is 1. The largest absolute Gasteiger partial charge is 0.465 e. The molecule has 0 atom stereocenters. The first kappa shape index (κ1) is 13.0. The molecule has 2 heterocycles. The van der Waals surface area contributed by atoms with E-state index in [1.165, 1.54) is 18.4 Å². The van der Waals surface area contributed by atoms with E-state index >= 15 is 0 Å². The monoisotopic (exact) mass is 282 g/mol. The second kappa shape index (κ2) is 5.06. The maximum absolute atomic E-state index is 11.9. The number of nitrogens with one attached hydrogen (secondary N) is 1. The van der Waals surface area contributed by atoms with Crippen LogP contribution in [0.25, 0.3) is 0 Å². The minimum absolute atomic E-state index is 0.120. The summed E-state index contributed by atoms with van der Waals surface area (Å²) in [6.45, 7) is 1.75. The van der Waals surface area contributed by atoms with Crippen molar-refractivity contribution in [3.63, 3.8) is 0 Å². The van der Waals surface area contributed by atoms with Crippen molar-refractivity contribution >= 4 is 34.7 Å². The predicted octanol–water partition coefficient (Wildman–Crippen LogP) is 1.06. The molecule has 2 rings (SSSR count). The smallest absolute Gasteiger partial charge is 0.350 e. The second-order valence-corrected chi connectivity index (χ2v) is 4.45. The minimum atomic E-state index is -0.606. The first-order valence-corrected chi connectivity index (χ1v) is 5.98. The van der Waals surface area contributed by atoms with Gasteiger partial charge in [0, 0.05) is 0 Å². The first-order valence-electron chi connectivity index (χ1n) is 5.10. The molecule has 0 aromatic carbocycles. The van der Waals surface area contributed by atoms with Gasteiger partial charge in [-0.2, -0.15) is 0 Å². The van der Waals surface area contributed by atoms with Gasteiger partial charge in [-0.1, -0.05) is 0 Å². The van der Waals surface area contributed by atoms with Crippen LogP contribution in [0.3, 0.4) is 0 Å². The van der Waals surface area contributed by atoms with Crippen molar-refractivity contribution in [3.8, 4) is 0 Å². The molecule has 100 valence electrons. The number of methoxy groups -OCH3 is 1. The van der Waals surface area contributed by atoms with E-state index in [4.69, 9.17) is 5.73 Å². The summed E-state index contributed by atoms with van der Waals surface area (Å²) in [6, 6.07) is 0. The molecule has 0 aliphatic rings. The van der Waals surface area contributed by atoms with E-state index < -0.39 is 11.9 Å². The molecule has 0 bridgehead atoms. The molecule has 8 nitrogen and oxygen atoms in total. The number of hydrogen-bond donors (Lipinski definition) is 2. The Morgan fingerprint density at radius 3 is 2.79 bits per heavy atom. The van der Waals surface area contributed by atoms with Crippen LogP contribution in [0.5, 0.6) is 0 Å². The van der Waals surface area contributed by atoms with Crippen LogP contribution in [0.4, 0.5) is 11.5 Å². The fourth-order valence-corrected chi connectivity index (χ4v) is 2.29. The van der Waals surface area contributed by atoms with Crippen LogP contribution in [-0.4, -0.2) is 29.3 Å². The molecule has 0 saturated carbocycles. The number of nitrogens with zero attached hydrogens (tertiary/aromatic N) is 2. The van der Waals surface area contributed by atoms with Crippen LogP contribution in [0.2, 0.25) is 0 Å². The number of rotatable bonds is 3. The zero-order valence-corrected chi connectivity index (χ0v) is 10.9. The maximum atomic E-state index is 11.9. The molecule has 0 aliphatic carbocycles. The molecule has 9 heteroatoms. The topological polar surface area (TPSA) is 120 Å². The van der Waals surface area contributed by atoms with E-state index in [0.29, 0.717) is 10.6 Å². The van der Waals surface area contributed by atoms with E-state index in [1.807, 2.05) is 0 Å². The van der Waals surface area contributed by atoms with E-state index in [9.17, 15) is 9.59 Å². The first-order chi connectivity index (χ1) is 9.04. The van der Waals surface area contributed by atoms with Crippen LogP contribution in [-0.2, 0) is 4.74 Å². The molecule has 3 N–H and O–H groups in total. The molecule has 0 fully saturated rings. The van der Waals surface area contributed by atoms with Gasteiger partial charge in [-0.05, 0) is 28.2 Å². The van der Waals surface area contributed by atoms with E-state index in [1.54, 1.807) is 12.3 Å². The molecule has 2 aromatic heterocycles. The molecule has 0 aliphatic heterocycles. The van der Waals surface area contributed by atoms with Crippen molar-refractivity contribution in [1.29, 1.82) is 0 Å². The van der Waals surface area contributed by atoms with Crippen LogP contribution < -0.4 is 11.1 Å². The Labute approximate surface area is 111 Å². The van der Waals surface area contributed by atoms with Crippen LogP contribution in [0.1, 0.15) is 25.7 Å². The summed E-state index contributed by atoms with van der Waals surface area (Å²) in [5, 5.41) is 11.0. The Morgan fingerprint density at radius 1 is 1.47 bits per heavy atom. The summed E-state index contributed by atoms with van der Waals surface area (Å²) < 4.78 is 8.98. The number of hydrogen-bond acceptors (Lipinski definition) is 8. The molecule has 0 radical (unpaired) electrons. The van der Waals surface area contributed by atoms with Crippen molar-refractivity contribution < 1.29 is 19.0 Å². The highest BCUT2D eigenvalue weighted by Crippen LogP contribution is 2.28. The number of carbonyl (C=O) groups excluding carboxylic acids is 2. The summed E-state index contributed by atoms with van der Waals surface area (Å²) in [5.74, 6) is -1.25. The van der Waals surface area contributed by atoms with E-state index in [0.717, 1.165) is 5.56 Å². The zero-order chi connectivity index (χ0) is 14.0. The summed E-state index contributed by atoms with van der Waals surface area (Å²) in [7, 11) is 1.27. The van der Waals surface area contributed by atoms with Gasteiger partial charge < -0.3 is 15.8 Å². The normalized spacial score (nSPS) is 10.2. The van der Waals surface area contributed by atoms with Gasteiger partial charge in [-0.3, -0.25) is 4.79 Å². The number of esters is 1. The lowest BCUT2D eigenvalue weighted by atomic mass is 10.2. The number of ether oxygens (including phenoxy) is 1. The van der Waals surface area contributed by atoms with Crippen molar-refractivity contribution in [3.05, 3.63) is 21.5 Å². The van der Waals surface area contributed by atoms with Crippen molar-refractivity contribution in [2.75, 3.05) is 18.2 Å². The number of thiophene rings is 1. The number of carbonyl (C=O) groups is 2. The van der Waals surface area contributed by atoms with E-state index in [2.05, 4.69) is 25.0 Å². The Hall–Kier alpha value is -2.42. The summed E-state index contributed by atoms with van der Waals surface area (Å²) in [4.78, 5) is 23.8. The molecular weight excluding hydrogens is 272 g/mol. The maximum Gasteiger partial charge on any atom is 0.350 e. The quantitative estimate of drug-likeness (QED) is 0.807. The Morgan fingerprint density at radius 2 is 2.21 bits per heavy atom. The van der Waals surface area contributed by atoms with E-state index in [-0.39, 0.29) is 11.5 Å². The Balaban J connectivity index is 2.29. The molecule has 0 unspecified atom stereocenters. The van der Waals surface area contributed by atoms with Gasteiger partial charge in [0.05, 0.1) is 12.8 Å². The van der Waals surface area contributed by atoms with Crippen LogP contribution in [0, 0.1) is 6.92 Å². The standard InChI is InChI=1S/C10H10N4O4S/c1-4-3-19-7(10(16)17-2)5(4)12-9(15)6-8(11)14-18-13-6/h3H,1-2H3,(H2,11,14)(H,12,15). The van der Waals surface area contributed by atoms with Gasteiger partial charge in [-0.25, -0.2) is 9.42 Å². The average Bonchev–Trinajstić information content (AvgIpc) is 2.96. The van der Waals surface area contributed by atoms with Gasteiger partial charge in [0.25, 0.3) is 5.91 Å². The van der Waals surface area contributed by atoms with Gasteiger partial charge in [0.2, 0.25) is 11.5 Å². The lowest BCUT2D eigenvalue weighted by molar-refractivity contribution is 0.0607. The zero-order valence-electron chi connectivity index (χ0n) is 10.1. The number of amides is 1. The predicted molar refractivity (Wildman–Crippen MR) is 67.1 cm³/mol. The highest BCUT2D eigenvalue weighted by Gasteiger charge is 2.22. The highest BCUT2D eigenvalue weighted by molar-refractivity contribution is 7.12. The fourth-order valence-electron chi connectivity index (χ4n) is 1.37. The van der Waals surface area contributed by atoms with Crippen LogP contribution in [0.15, 0.2) is 10.0 Å². The summed E-state index contributed by atoms with van der Waals surface area (Å²) in [6.07, 6.45) is 0. The summed E-state index contributed by atoms with van der Waals surface area (Å²) in [5.41, 5.74) is 6.37. The molecular formula is C10H10N4O4S. The van der Waals surface area contributed by atoms with Crippen molar-refractivity contribution in [1.82, 2.24) is 10.3 Å². The molecule has 0 saturated heterocycles. The fraction of sp³-hybridized carbons (Fsp3) is 0.200. The third-order valence-corrected chi connectivity index (χ3v) is 3.39. The van der Waals surface area contributed by atoms with Crippen LogP contribution >= 0.6 is 11.3 Å². The molecule has 19 heavy (non-hydrogen) atoms. The van der Waals surface area contributed by atoms with Gasteiger partial charge in [-0.15, -0.1) is 11.3 Å². The molecule has 0 spiro atoms. The highest BCUT2D eigenvalue weighted by atomic mass is 32.1. The third-order valence-electron chi connectivity index (χ3n) is 2.31.